The summed E-state index contributed by atoms with van der Waals surface area (Å²) < 4.78 is 2.04. The number of nitrogens with one attached hydrogen (secondary N) is 1. The van der Waals surface area contributed by atoms with E-state index < -0.39 is 0 Å². The molecule has 0 aromatic carbocycles. The molecule has 4 heteroatoms. The maximum absolute atomic E-state index is 12.3. The molecular weight excluding hydrogens is 274 g/mol. The molecule has 2 aliphatic rings. The number of imidazole rings is 1. The van der Waals surface area contributed by atoms with Gasteiger partial charge in [-0.2, -0.15) is 0 Å². The Morgan fingerprint density at radius 2 is 2.18 bits per heavy atom. The molecule has 3 unspecified atom stereocenters. The lowest BCUT2D eigenvalue weighted by Crippen LogP contribution is -2.27. The summed E-state index contributed by atoms with van der Waals surface area (Å²) in [6.07, 6.45) is 13.2. The maximum Gasteiger partial charge on any atom is 0.224 e. The monoisotopic (exact) mass is 305 g/mol. The van der Waals surface area contributed by atoms with Crippen molar-refractivity contribution in [2.45, 2.75) is 57.8 Å². The first-order valence-electron chi connectivity index (χ1n) is 8.92. The first-order valence-corrected chi connectivity index (χ1v) is 8.92. The molecular formula is C18H31N3O. The number of aryl methyl sites for hydroxylation is 1. The van der Waals surface area contributed by atoms with Gasteiger partial charge in [-0.3, -0.25) is 4.79 Å². The smallest absolute Gasteiger partial charge is 0.224 e. The molecule has 2 saturated carbocycles. The molecule has 2 aliphatic carbocycles. The second kappa shape index (κ2) is 6.84. The van der Waals surface area contributed by atoms with Gasteiger partial charge >= 0.3 is 0 Å². The predicted molar refractivity (Wildman–Crippen MR) is 89.5 cm³/mol. The molecule has 4 nitrogen and oxygen atoms in total. The van der Waals surface area contributed by atoms with Crippen molar-refractivity contribution in [3.05, 3.63) is 18.2 Å². The van der Waals surface area contributed by atoms with Crippen LogP contribution < -0.4 is 5.32 Å². The summed E-state index contributed by atoms with van der Waals surface area (Å²) in [5.41, 5.74) is 1.19. The number of carbonyl (C=O) groups excluding carboxylic acids is 1. The van der Waals surface area contributed by atoms with Gasteiger partial charge in [0.1, 0.15) is 0 Å². The average molecular weight is 305 g/mol. The standard InChI is InChI=1S/C18H29N3O.H2/c1-13-16(15-11-19-12-21(15)2)17(13)18(22)20-10-6-9-14-7-4-3-5-8-14;/h11-14,16-17H,3-10H2,1-2H3,(H,20,22);1H. The van der Waals surface area contributed by atoms with E-state index in [-0.39, 0.29) is 13.3 Å². The summed E-state index contributed by atoms with van der Waals surface area (Å²) in [6, 6.07) is 0. The highest BCUT2D eigenvalue weighted by Crippen LogP contribution is 2.53. The van der Waals surface area contributed by atoms with Crippen molar-refractivity contribution >= 4 is 5.91 Å². The van der Waals surface area contributed by atoms with Crippen molar-refractivity contribution in [2.75, 3.05) is 6.54 Å². The van der Waals surface area contributed by atoms with Crippen molar-refractivity contribution in [1.82, 2.24) is 14.9 Å². The zero-order valence-corrected chi connectivity index (χ0v) is 13.9. The van der Waals surface area contributed by atoms with Crippen LogP contribution >= 0.6 is 0 Å². The van der Waals surface area contributed by atoms with Crippen LogP contribution in [0, 0.1) is 17.8 Å². The minimum absolute atomic E-state index is 0. The largest absolute Gasteiger partial charge is 0.356 e. The van der Waals surface area contributed by atoms with Gasteiger partial charge in [-0.05, 0) is 24.7 Å². The highest BCUT2D eigenvalue weighted by atomic mass is 16.2. The van der Waals surface area contributed by atoms with E-state index in [0.717, 1.165) is 18.9 Å². The molecule has 0 radical (unpaired) electrons. The number of hydrogen-bond donors (Lipinski definition) is 1. The van der Waals surface area contributed by atoms with Crippen LogP contribution in [-0.2, 0) is 11.8 Å². The predicted octanol–water partition coefficient (Wildman–Crippen LogP) is 3.49. The van der Waals surface area contributed by atoms with Crippen LogP contribution in [-0.4, -0.2) is 22.0 Å². The molecule has 0 aliphatic heterocycles. The highest BCUT2D eigenvalue weighted by molar-refractivity contribution is 5.83. The Kier molecular flexibility index (Phi) is 4.84. The van der Waals surface area contributed by atoms with Crippen LogP contribution in [0.2, 0.25) is 0 Å². The van der Waals surface area contributed by atoms with E-state index in [1.54, 1.807) is 0 Å². The van der Waals surface area contributed by atoms with Gasteiger partial charge in [-0.25, -0.2) is 4.98 Å². The van der Waals surface area contributed by atoms with Gasteiger partial charge in [0.15, 0.2) is 0 Å². The molecule has 3 atom stereocenters. The van der Waals surface area contributed by atoms with Crippen LogP contribution in [0.3, 0.4) is 0 Å². The summed E-state index contributed by atoms with van der Waals surface area (Å²) in [6.45, 7) is 3.01. The van der Waals surface area contributed by atoms with E-state index in [1.165, 1.54) is 44.2 Å². The zero-order chi connectivity index (χ0) is 15.5. The Labute approximate surface area is 135 Å². The van der Waals surface area contributed by atoms with E-state index in [4.69, 9.17) is 0 Å². The number of nitrogens with zero attached hydrogens (tertiary/aromatic N) is 2. The third kappa shape index (κ3) is 3.36. The maximum atomic E-state index is 12.3. The number of amides is 1. The van der Waals surface area contributed by atoms with Crippen LogP contribution in [0.15, 0.2) is 12.5 Å². The quantitative estimate of drug-likeness (QED) is 0.818. The number of rotatable bonds is 6. The minimum atomic E-state index is 0. The number of aromatic nitrogens is 2. The summed E-state index contributed by atoms with van der Waals surface area (Å²) in [5, 5.41) is 3.16. The SMILES string of the molecule is CC1C(C(=O)NCCCC2CCCCC2)C1c1cncn1C.[HH]. The third-order valence-electron chi connectivity index (χ3n) is 5.69. The van der Waals surface area contributed by atoms with Gasteiger partial charge < -0.3 is 9.88 Å². The van der Waals surface area contributed by atoms with E-state index in [0.29, 0.717) is 11.8 Å². The fraction of sp³-hybridized carbons (Fsp3) is 0.778. The van der Waals surface area contributed by atoms with E-state index >= 15 is 0 Å². The lowest BCUT2D eigenvalue weighted by Gasteiger charge is -2.21. The molecule has 1 aromatic rings. The van der Waals surface area contributed by atoms with Crippen molar-refractivity contribution in [1.29, 1.82) is 0 Å². The molecule has 3 rings (SSSR count). The Balaban J connectivity index is 0.00000192. The summed E-state index contributed by atoms with van der Waals surface area (Å²) in [5.74, 6) is 2.08. The van der Waals surface area contributed by atoms with Crippen LogP contribution in [0.5, 0.6) is 0 Å². The average Bonchev–Trinajstić information content (AvgIpc) is 3.00. The normalized spacial score (nSPS) is 28.5. The molecule has 124 valence electrons. The second-order valence-corrected chi connectivity index (χ2v) is 7.28. The summed E-state index contributed by atoms with van der Waals surface area (Å²) in [4.78, 5) is 16.5. The van der Waals surface area contributed by atoms with Gasteiger partial charge in [0.05, 0.1) is 6.33 Å². The molecule has 0 spiro atoms. The van der Waals surface area contributed by atoms with Crippen LogP contribution in [0.1, 0.15) is 64.9 Å². The van der Waals surface area contributed by atoms with Gasteiger partial charge in [0.25, 0.3) is 0 Å². The molecule has 1 aromatic heterocycles. The molecule has 0 bridgehead atoms. The summed E-state index contributed by atoms with van der Waals surface area (Å²) in [7, 11) is 2.01. The van der Waals surface area contributed by atoms with Crippen molar-refractivity contribution < 1.29 is 6.22 Å². The van der Waals surface area contributed by atoms with Gasteiger partial charge in [0, 0.05) is 38.7 Å². The number of hydrogen-bond acceptors (Lipinski definition) is 2. The fourth-order valence-electron chi connectivity index (χ4n) is 4.20. The summed E-state index contributed by atoms with van der Waals surface area (Å²) >= 11 is 0. The molecule has 0 saturated heterocycles. The van der Waals surface area contributed by atoms with Gasteiger partial charge in [-0.1, -0.05) is 39.0 Å². The number of carbonyl (C=O) groups is 1. The fourth-order valence-corrected chi connectivity index (χ4v) is 4.20. The Bertz CT molecular complexity index is 510. The van der Waals surface area contributed by atoms with Crippen LogP contribution in [0.4, 0.5) is 0 Å². The van der Waals surface area contributed by atoms with Crippen molar-refractivity contribution in [3.63, 3.8) is 0 Å². The Morgan fingerprint density at radius 1 is 1.41 bits per heavy atom. The van der Waals surface area contributed by atoms with Gasteiger partial charge in [-0.15, -0.1) is 0 Å². The molecule has 2 fully saturated rings. The van der Waals surface area contributed by atoms with Crippen molar-refractivity contribution in [2.24, 2.45) is 24.8 Å². The molecule has 1 amide bonds. The van der Waals surface area contributed by atoms with Gasteiger partial charge in [0.2, 0.25) is 5.91 Å². The topological polar surface area (TPSA) is 46.9 Å². The minimum Gasteiger partial charge on any atom is -0.356 e. The van der Waals surface area contributed by atoms with E-state index in [2.05, 4.69) is 17.2 Å². The lowest BCUT2D eigenvalue weighted by atomic mass is 9.86. The van der Waals surface area contributed by atoms with Crippen LogP contribution in [0.25, 0.3) is 0 Å². The molecule has 22 heavy (non-hydrogen) atoms. The van der Waals surface area contributed by atoms with E-state index in [9.17, 15) is 4.79 Å². The first-order chi connectivity index (χ1) is 10.7. The zero-order valence-electron chi connectivity index (χ0n) is 13.9. The Hall–Kier alpha value is -1.32. The lowest BCUT2D eigenvalue weighted by molar-refractivity contribution is -0.122. The molecule has 1 heterocycles. The molecule has 1 N–H and O–H groups in total. The van der Waals surface area contributed by atoms with Crippen molar-refractivity contribution in [3.8, 4) is 0 Å². The highest BCUT2D eigenvalue weighted by Gasteiger charge is 2.53. The third-order valence-corrected chi connectivity index (χ3v) is 5.69. The first kappa shape index (κ1) is 15.6. The second-order valence-electron chi connectivity index (χ2n) is 7.28. The Morgan fingerprint density at radius 3 is 2.86 bits per heavy atom. The van der Waals surface area contributed by atoms with E-state index in [1.807, 2.05) is 24.1 Å².